The number of nitrogens with zero attached hydrogens (tertiary/aromatic N) is 6. The van der Waals surface area contributed by atoms with Crippen LogP contribution < -0.4 is 52.4 Å². The maximum absolute atomic E-state index is 2.64. The van der Waals surface area contributed by atoms with E-state index in [0.717, 1.165) is 45.5 Å². The summed E-state index contributed by atoms with van der Waals surface area (Å²) in [5.74, 6) is 0. The Kier molecular flexibility index (Phi) is 9.98. The van der Waals surface area contributed by atoms with Crippen LogP contribution in [0, 0.1) is 0 Å². The fourth-order valence-electron chi connectivity index (χ4n) is 15.5. The second kappa shape index (κ2) is 18.1. The van der Waals surface area contributed by atoms with Gasteiger partial charge in [0.05, 0.1) is 22.4 Å². The first-order chi connectivity index (χ1) is 42.7. The second-order valence-corrected chi connectivity index (χ2v) is 23.1. The van der Waals surface area contributed by atoms with Crippen molar-refractivity contribution in [2.24, 2.45) is 0 Å². The van der Waals surface area contributed by atoms with Gasteiger partial charge >= 0.3 is 0 Å². The molecule has 13 aromatic carbocycles. The third-order valence-corrected chi connectivity index (χ3v) is 18.7. The largest absolute Gasteiger partial charge is 0.311 e. The number of rotatable bonds is 8. The summed E-state index contributed by atoms with van der Waals surface area (Å²) in [7, 11) is 0. The van der Waals surface area contributed by atoms with Crippen LogP contribution >= 0.6 is 0 Å². The summed E-state index contributed by atoms with van der Waals surface area (Å²) in [6.45, 7) is -0.0666. The van der Waals surface area contributed by atoms with Crippen LogP contribution in [0.2, 0.25) is 0 Å². The van der Waals surface area contributed by atoms with E-state index >= 15 is 0 Å². The Hall–Kier alpha value is -11.2. The topological polar surface area (TPSA) is 22.8 Å². The molecule has 0 unspecified atom stereocenters. The molecule has 0 radical (unpaired) electrons. The van der Waals surface area contributed by atoms with Gasteiger partial charge in [-0.05, 0) is 154 Å². The zero-order chi connectivity index (χ0) is 56.1. The van der Waals surface area contributed by atoms with Crippen molar-refractivity contribution in [3.05, 3.63) is 303 Å². The van der Waals surface area contributed by atoms with Gasteiger partial charge in [-0.2, -0.15) is 0 Å². The van der Waals surface area contributed by atoms with Gasteiger partial charge in [0.25, 0.3) is 13.4 Å². The Balaban J connectivity index is 0.945. The molecule has 0 spiro atoms. The number of fused-ring (bicyclic) bond motifs is 15. The molecule has 0 fully saturated rings. The third-order valence-electron chi connectivity index (χ3n) is 18.7. The second-order valence-electron chi connectivity index (χ2n) is 23.1. The number of para-hydroxylation sites is 10. The molecule has 0 N–H and O–H groups in total. The molecule has 0 saturated heterocycles. The Morgan fingerprint density at radius 1 is 0.244 bits per heavy atom. The van der Waals surface area contributed by atoms with Crippen LogP contribution in [0.15, 0.2) is 303 Å². The zero-order valence-corrected chi connectivity index (χ0v) is 46.7. The average Bonchev–Trinajstić information content (AvgIpc) is 1.49. The highest BCUT2D eigenvalue weighted by Gasteiger charge is 2.45. The van der Waals surface area contributed by atoms with Gasteiger partial charge in [0, 0.05) is 101 Å². The predicted octanol–water partition coefficient (Wildman–Crippen LogP) is 16.0. The molecule has 6 heterocycles. The number of anilines is 12. The SMILES string of the molecule is c1ccc(N(c2ccccc2)c2cc3c4c(c2)-n2c5ccc6c(c7cccc8c7n6-c6cc(N(c7ccccc7)c7ccccc7)cc7c6B8c6ccccc6N7c6ccccc6)c5c5cccc(c52)B4c2ccccc2N3c2ccccc2)cc1. The maximum atomic E-state index is 2.64. The van der Waals surface area contributed by atoms with Crippen LogP contribution in [0.3, 0.4) is 0 Å². The van der Waals surface area contributed by atoms with Gasteiger partial charge in [0.15, 0.2) is 0 Å². The van der Waals surface area contributed by atoms with Gasteiger partial charge < -0.3 is 28.7 Å². The predicted molar refractivity (Wildman–Crippen MR) is 363 cm³/mol. The molecule has 0 saturated carbocycles. The molecule has 8 heteroatoms. The van der Waals surface area contributed by atoms with Gasteiger partial charge in [-0.1, -0.05) is 182 Å². The van der Waals surface area contributed by atoms with E-state index in [0.29, 0.717) is 0 Å². The van der Waals surface area contributed by atoms with Gasteiger partial charge in [-0.15, -0.1) is 0 Å². The van der Waals surface area contributed by atoms with Gasteiger partial charge in [-0.3, -0.25) is 0 Å². The third kappa shape index (κ3) is 6.52. The Bertz CT molecular complexity index is 4850. The summed E-state index contributed by atoms with van der Waals surface area (Å²) in [5.41, 5.74) is 28.6. The van der Waals surface area contributed by atoms with E-state index in [-0.39, 0.29) is 13.4 Å². The van der Waals surface area contributed by atoms with Crippen molar-refractivity contribution in [2.45, 2.75) is 0 Å². The van der Waals surface area contributed by atoms with Crippen molar-refractivity contribution in [2.75, 3.05) is 19.6 Å². The molecule has 15 aromatic rings. The molecule has 4 aliphatic rings. The Morgan fingerprint density at radius 2 is 0.558 bits per heavy atom. The highest BCUT2D eigenvalue weighted by molar-refractivity contribution is 7.01. The number of hydrogen-bond acceptors (Lipinski definition) is 4. The fraction of sp³-hybridized carbons (Fsp3) is 0. The zero-order valence-electron chi connectivity index (χ0n) is 46.7. The van der Waals surface area contributed by atoms with Crippen molar-refractivity contribution in [1.29, 1.82) is 0 Å². The Morgan fingerprint density at radius 3 is 0.930 bits per heavy atom. The normalized spacial score (nSPS) is 13.0. The molecular formula is C78H50B2N6. The van der Waals surface area contributed by atoms with Crippen LogP contribution in [0.5, 0.6) is 0 Å². The molecule has 0 amide bonds. The lowest BCUT2D eigenvalue weighted by Gasteiger charge is -2.41. The molecule has 398 valence electrons. The van der Waals surface area contributed by atoms with Crippen LogP contribution in [0.4, 0.5) is 68.2 Å². The van der Waals surface area contributed by atoms with E-state index in [4.69, 9.17) is 0 Å². The summed E-state index contributed by atoms with van der Waals surface area (Å²) in [4.78, 5) is 9.88. The van der Waals surface area contributed by atoms with Crippen LogP contribution in [-0.2, 0) is 0 Å². The molecule has 0 aliphatic carbocycles. The molecule has 19 rings (SSSR count). The maximum Gasteiger partial charge on any atom is 0.252 e. The number of aromatic nitrogens is 2. The summed E-state index contributed by atoms with van der Waals surface area (Å²) >= 11 is 0. The van der Waals surface area contributed by atoms with Crippen molar-refractivity contribution in [1.82, 2.24) is 9.13 Å². The quantitative estimate of drug-likeness (QED) is 0.141. The molecule has 86 heavy (non-hydrogen) atoms. The van der Waals surface area contributed by atoms with Gasteiger partial charge in [0.1, 0.15) is 0 Å². The minimum atomic E-state index is -0.0333. The molecular weight excluding hydrogens is 1040 g/mol. The lowest BCUT2D eigenvalue weighted by atomic mass is 9.34. The van der Waals surface area contributed by atoms with Crippen LogP contribution in [-0.4, -0.2) is 22.6 Å². The minimum absolute atomic E-state index is 0.0333. The minimum Gasteiger partial charge on any atom is -0.311 e. The van der Waals surface area contributed by atoms with E-state index in [2.05, 4.69) is 332 Å². The van der Waals surface area contributed by atoms with Crippen molar-refractivity contribution in [3.63, 3.8) is 0 Å². The smallest absolute Gasteiger partial charge is 0.252 e. The van der Waals surface area contributed by atoms with Crippen molar-refractivity contribution >= 4 is 158 Å². The van der Waals surface area contributed by atoms with Crippen LogP contribution in [0.1, 0.15) is 0 Å². The monoisotopic (exact) mass is 1090 g/mol. The molecule has 2 aromatic heterocycles. The highest BCUT2D eigenvalue weighted by Crippen LogP contribution is 2.50. The van der Waals surface area contributed by atoms with Crippen molar-refractivity contribution in [3.8, 4) is 11.4 Å². The summed E-state index contributed by atoms with van der Waals surface area (Å²) in [6.07, 6.45) is 0. The Labute approximate surface area is 498 Å². The summed E-state index contributed by atoms with van der Waals surface area (Å²) < 4.78 is 5.28. The van der Waals surface area contributed by atoms with Gasteiger partial charge in [0.2, 0.25) is 0 Å². The van der Waals surface area contributed by atoms with E-state index in [1.807, 2.05) is 0 Å². The number of hydrogen-bond donors (Lipinski definition) is 0. The number of benzene rings is 13. The van der Waals surface area contributed by atoms with Crippen molar-refractivity contribution < 1.29 is 0 Å². The average molecular weight is 1090 g/mol. The van der Waals surface area contributed by atoms with Crippen LogP contribution in [0.25, 0.3) is 55.0 Å². The highest BCUT2D eigenvalue weighted by atomic mass is 15.2. The van der Waals surface area contributed by atoms with E-state index < -0.39 is 0 Å². The first-order valence-electron chi connectivity index (χ1n) is 29.8. The van der Waals surface area contributed by atoms with E-state index in [1.165, 1.54) is 111 Å². The molecule has 6 nitrogen and oxygen atoms in total. The van der Waals surface area contributed by atoms with E-state index in [9.17, 15) is 0 Å². The first-order valence-corrected chi connectivity index (χ1v) is 29.8. The summed E-state index contributed by atoms with van der Waals surface area (Å²) in [5, 5.41) is 5.04. The van der Waals surface area contributed by atoms with Gasteiger partial charge in [-0.25, -0.2) is 0 Å². The first kappa shape index (κ1) is 47.3. The molecule has 4 aliphatic heterocycles. The fourth-order valence-corrected chi connectivity index (χ4v) is 15.5. The molecule has 0 atom stereocenters. The molecule has 0 bridgehead atoms. The standard InChI is InChI=1S/C78H50B2N6/c1-7-25-51(26-8-1)81(52-27-9-2-10-28-52)57-47-69-75-71(49-57)85-67-45-46-68-74(73(67)59-37-23-41-63(77(59)85)79(75)61-39-19-21-43-65(61)83(69)55-33-15-5-16-34-55)60-38-24-42-64-78(60)86(68)72-50-58(82(53-29-11-3-12-30-53)54-31-13-4-14-32-54)48-70-76(72)80(64)62-40-20-22-44-66(62)84(70)56-35-17-6-18-36-56/h1-50H. The summed E-state index contributed by atoms with van der Waals surface area (Å²) in [6, 6.07) is 113. The van der Waals surface area contributed by atoms with E-state index in [1.54, 1.807) is 0 Å². The lowest BCUT2D eigenvalue weighted by Crippen LogP contribution is -2.60. The lowest BCUT2D eigenvalue weighted by molar-refractivity contribution is 1.16.